The van der Waals surface area contributed by atoms with E-state index in [1.807, 2.05) is 30.3 Å². The molecular formula is C15H10FNO2S. The second kappa shape index (κ2) is 5.02. The van der Waals surface area contributed by atoms with Crippen LogP contribution in [0.25, 0.3) is 10.9 Å². The van der Waals surface area contributed by atoms with E-state index in [-0.39, 0.29) is 5.56 Å². The van der Waals surface area contributed by atoms with Gasteiger partial charge >= 0.3 is 5.97 Å². The lowest BCUT2D eigenvalue weighted by molar-refractivity contribution is 0.0696. The van der Waals surface area contributed by atoms with Gasteiger partial charge < -0.3 is 10.1 Å². The van der Waals surface area contributed by atoms with Crippen molar-refractivity contribution in [3.05, 3.63) is 59.9 Å². The largest absolute Gasteiger partial charge is 0.478 e. The van der Waals surface area contributed by atoms with Gasteiger partial charge in [0.05, 0.1) is 10.6 Å². The number of hydrogen-bond donors (Lipinski definition) is 2. The lowest BCUT2D eigenvalue weighted by atomic mass is 10.2. The van der Waals surface area contributed by atoms with Gasteiger partial charge in [0.2, 0.25) is 0 Å². The third-order valence-corrected chi connectivity index (χ3v) is 3.89. The van der Waals surface area contributed by atoms with Crippen LogP contribution < -0.4 is 0 Å². The number of aromatic amines is 1. The lowest BCUT2D eigenvalue weighted by Crippen LogP contribution is -1.97. The average Bonchev–Trinajstić information content (AvgIpc) is 2.83. The standard InChI is InChI=1S/C15H10FNO2S/c16-11-7-10(15(18)19)5-6-13(11)20-14-8-9-3-1-2-4-12(9)17-14/h1-8,17H,(H,18,19). The van der Waals surface area contributed by atoms with Gasteiger partial charge in [-0.15, -0.1) is 0 Å². The van der Waals surface area contributed by atoms with Crippen LogP contribution >= 0.6 is 11.8 Å². The summed E-state index contributed by atoms with van der Waals surface area (Å²) < 4.78 is 13.9. The molecule has 1 aromatic heterocycles. The van der Waals surface area contributed by atoms with Gasteiger partial charge in [0.15, 0.2) is 0 Å². The summed E-state index contributed by atoms with van der Waals surface area (Å²) in [5.74, 6) is -1.67. The van der Waals surface area contributed by atoms with Crippen molar-refractivity contribution in [2.24, 2.45) is 0 Å². The van der Waals surface area contributed by atoms with E-state index in [0.717, 1.165) is 22.0 Å². The lowest BCUT2D eigenvalue weighted by Gasteiger charge is -2.02. The Morgan fingerprint density at radius 2 is 1.95 bits per heavy atom. The molecule has 1 heterocycles. The number of H-pyrrole nitrogens is 1. The van der Waals surface area contributed by atoms with Gasteiger partial charge in [-0.1, -0.05) is 30.0 Å². The molecule has 0 saturated heterocycles. The van der Waals surface area contributed by atoms with Crippen molar-refractivity contribution >= 4 is 28.6 Å². The average molecular weight is 287 g/mol. The minimum absolute atomic E-state index is 0.0523. The Balaban J connectivity index is 1.92. The van der Waals surface area contributed by atoms with Crippen molar-refractivity contribution in [3.8, 4) is 0 Å². The maximum Gasteiger partial charge on any atom is 0.335 e. The zero-order valence-electron chi connectivity index (χ0n) is 10.3. The van der Waals surface area contributed by atoms with Crippen LogP contribution in [0.3, 0.4) is 0 Å². The summed E-state index contributed by atoms with van der Waals surface area (Å²) in [5.41, 5.74) is 0.932. The highest BCUT2D eigenvalue weighted by molar-refractivity contribution is 7.99. The predicted molar refractivity (Wildman–Crippen MR) is 75.8 cm³/mol. The first-order valence-corrected chi connectivity index (χ1v) is 6.73. The fraction of sp³-hybridized carbons (Fsp3) is 0. The summed E-state index contributed by atoms with van der Waals surface area (Å²) in [6.45, 7) is 0. The number of para-hydroxylation sites is 1. The normalized spacial score (nSPS) is 10.8. The van der Waals surface area contributed by atoms with Crippen molar-refractivity contribution in [1.82, 2.24) is 4.98 Å². The molecule has 2 N–H and O–H groups in total. The smallest absolute Gasteiger partial charge is 0.335 e. The first kappa shape index (κ1) is 12.7. The number of aromatic nitrogens is 1. The second-order valence-electron chi connectivity index (χ2n) is 4.27. The van der Waals surface area contributed by atoms with Gasteiger partial charge in [-0.2, -0.15) is 0 Å². The van der Waals surface area contributed by atoms with Gasteiger partial charge in [-0.25, -0.2) is 9.18 Å². The summed E-state index contributed by atoms with van der Waals surface area (Å²) in [6.07, 6.45) is 0. The Kier molecular flexibility index (Phi) is 3.20. The van der Waals surface area contributed by atoms with Crippen LogP contribution in [0, 0.1) is 5.82 Å². The maximum absolute atomic E-state index is 13.9. The highest BCUT2D eigenvalue weighted by Crippen LogP contribution is 2.31. The second-order valence-corrected chi connectivity index (χ2v) is 5.36. The van der Waals surface area contributed by atoms with Gasteiger partial charge in [-0.05, 0) is 30.3 Å². The number of carboxylic acid groups (broad SMARTS) is 1. The molecular weight excluding hydrogens is 277 g/mol. The summed E-state index contributed by atoms with van der Waals surface area (Å²) in [4.78, 5) is 14.3. The van der Waals surface area contributed by atoms with Crippen LogP contribution in [0.2, 0.25) is 0 Å². The van der Waals surface area contributed by atoms with Crippen LogP contribution in [0.1, 0.15) is 10.4 Å². The summed E-state index contributed by atoms with van der Waals surface area (Å²) >= 11 is 1.24. The van der Waals surface area contributed by atoms with Gasteiger partial charge in [-0.3, -0.25) is 0 Å². The van der Waals surface area contributed by atoms with Crippen molar-refractivity contribution in [2.45, 2.75) is 9.92 Å². The molecule has 5 heteroatoms. The molecule has 2 aromatic carbocycles. The number of carboxylic acids is 1. The molecule has 0 aliphatic rings. The highest BCUT2D eigenvalue weighted by atomic mass is 32.2. The number of halogens is 1. The number of fused-ring (bicyclic) bond motifs is 1. The maximum atomic E-state index is 13.9. The minimum Gasteiger partial charge on any atom is -0.478 e. The van der Waals surface area contributed by atoms with E-state index >= 15 is 0 Å². The molecule has 0 unspecified atom stereocenters. The van der Waals surface area contributed by atoms with Crippen LogP contribution in [-0.4, -0.2) is 16.1 Å². The number of carbonyl (C=O) groups is 1. The fourth-order valence-electron chi connectivity index (χ4n) is 1.94. The van der Waals surface area contributed by atoms with E-state index in [4.69, 9.17) is 5.11 Å². The molecule has 100 valence electrons. The number of aromatic carboxylic acids is 1. The Labute approximate surface area is 118 Å². The van der Waals surface area contributed by atoms with Crippen molar-refractivity contribution < 1.29 is 14.3 Å². The van der Waals surface area contributed by atoms with E-state index in [1.54, 1.807) is 0 Å². The van der Waals surface area contributed by atoms with Gasteiger partial charge in [0, 0.05) is 15.8 Å². The van der Waals surface area contributed by atoms with E-state index in [9.17, 15) is 9.18 Å². The molecule has 0 radical (unpaired) electrons. The summed E-state index contributed by atoms with van der Waals surface area (Å²) in [5, 5.41) is 10.7. The van der Waals surface area contributed by atoms with Gasteiger partial charge in [0.1, 0.15) is 5.82 Å². The van der Waals surface area contributed by atoms with E-state index in [2.05, 4.69) is 4.98 Å². The third-order valence-electron chi connectivity index (χ3n) is 2.90. The van der Waals surface area contributed by atoms with Crippen molar-refractivity contribution in [1.29, 1.82) is 0 Å². The number of nitrogens with one attached hydrogen (secondary N) is 1. The molecule has 0 aliphatic carbocycles. The Morgan fingerprint density at radius 1 is 1.15 bits per heavy atom. The zero-order chi connectivity index (χ0) is 14.1. The zero-order valence-corrected chi connectivity index (χ0v) is 11.1. The Morgan fingerprint density at radius 3 is 2.65 bits per heavy atom. The van der Waals surface area contributed by atoms with Crippen LogP contribution in [0.15, 0.2) is 58.5 Å². The SMILES string of the molecule is O=C(O)c1ccc(Sc2cc3ccccc3[nH]2)c(F)c1. The third kappa shape index (κ3) is 2.40. The molecule has 0 aliphatic heterocycles. The van der Waals surface area contributed by atoms with E-state index in [0.29, 0.717) is 4.90 Å². The molecule has 3 aromatic rings. The van der Waals surface area contributed by atoms with E-state index < -0.39 is 11.8 Å². The minimum atomic E-state index is -1.13. The number of rotatable bonds is 3. The van der Waals surface area contributed by atoms with E-state index in [1.165, 1.54) is 23.9 Å². The molecule has 20 heavy (non-hydrogen) atoms. The first-order chi connectivity index (χ1) is 9.63. The number of hydrogen-bond acceptors (Lipinski definition) is 2. The molecule has 3 nitrogen and oxygen atoms in total. The molecule has 0 saturated carbocycles. The Hall–Kier alpha value is -2.27. The van der Waals surface area contributed by atoms with Crippen LogP contribution in [0.5, 0.6) is 0 Å². The molecule has 0 atom stereocenters. The first-order valence-electron chi connectivity index (χ1n) is 5.92. The highest BCUT2D eigenvalue weighted by Gasteiger charge is 2.10. The molecule has 0 bridgehead atoms. The molecule has 0 spiro atoms. The fourth-order valence-corrected chi connectivity index (χ4v) is 2.81. The number of benzene rings is 2. The Bertz CT molecular complexity index is 764. The predicted octanol–water partition coefficient (Wildman–Crippen LogP) is 4.16. The molecule has 0 amide bonds. The van der Waals surface area contributed by atoms with Crippen LogP contribution in [0.4, 0.5) is 4.39 Å². The summed E-state index contributed by atoms with van der Waals surface area (Å²) in [7, 11) is 0. The molecule has 3 rings (SSSR count). The van der Waals surface area contributed by atoms with Crippen LogP contribution in [-0.2, 0) is 0 Å². The van der Waals surface area contributed by atoms with Gasteiger partial charge in [0.25, 0.3) is 0 Å². The monoisotopic (exact) mass is 287 g/mol. The quantitative estimate of drug-likeness (QED) is 0.760. The summed E-state index contributed by atoms with van der Waals surface area (Å²) in [6, 6.07) is 13.6. The van der Waals surface area contributed by atoms with Crippen molar-refractivity contribution in [3.63, 3.8) is 0 Å². The topological polar surface area (TPSA) is 53.1 Å². The van der Waals surface area contributed by atoms with Crippen molar-refractivity contribution in [2.75, 3.05) is 0 Å². The molecule has 0 fully saturated rings.